The summed E-state index contributed by atoms with van der Waals surface area (Å²) in [5.41, 5.74) is 3.39. The highest BCUT2D eigenvalue weighted by molar-refractivity contribution is 7.12. The van der Waals surface area contributed by atoms with Crippen LogP contribution in [0.2, 0.25) is 0 Å². The second kappa shape index (κ2) is 8.03. The van der Waals surface area contributed by atoms with Gasteiger partial charge >= 0.3 is 0 Å². The van der Waals surface area contributed by atoms with E-state index >= 15 is 0 Å². The van der Waals surface area contributed by atoms with Crippen molar-refractivity contribution >= 4 is 23.2 Å². The SMILES string of the molecule is Cc1ccsc1C(=O)N1CCc2cnc(N3CCN(C4CCC4)CC3)nc2CC1. The molecule has 2 aromatic heterocycles. The van der Waals surface area contributed by atoms with Gasteiger partial charge in [0.25, 0.3) is 5.91 Å². The van der Waals surface area contributed by atoms with Crippen molar-refractivity contribution in [1.29, 1.82) is 0 Å². The smallest absolute Gasteiger partial charge is 0.264 e. The molecule has 1 aliphatic carbocycles. The molecule has 1 amide bonds. The first-order valence-electron chi connectivity index (χ1n) is 10.9. The molecule has 2 aliphatic heterocycles. The van der Waals surface area contributed by atoms with Crippen LogP contribution in [0.1, 0.15) is 45.8 Å². The lowest BCUT2D eigenvalue weighted by Gasteiger charge is -2.43. The van der Waals surface area contributed by atoms with E-state index in [1.165, 1.54) is 24.8 Å². The number of carbonyl (C=O) groups excluding carboxylic acids is 1. The Bertz CT molecular complexity index is 885. The molecule has 7 heteroatoms. The molecule has 6 nitrogen and oxygen atoms in total. The molecule has 1 saturated carbocycles. The highest BCUT2D eigenvalue weighted by atomic mass is 32.1. The van der Waals surface area contributed by atoms with Crippen LogP contribution in [0.25, 0.3) is 0 Å². The molecule has 0 spiro atoms. The molecule has 0 bridgehead atoms. The number of amides is 1. The summed E-state index contributed by atoms with van der Waals surface area (Å²) in [6, 6.07) is 2.84. The third-order valence-corrected chi connectivity index (χ3v) is 7.75. The molecule has 154 valence electrons. The van der Waals surface area contributed by atoms with E-state index < -0.39 is 0 Å². The summed E-state index contributed by atoms with van der Waals surface area (Å²) in [7, 11) is 0. The Hall–Kier alpha value is -1.99. The fourth-order valence-corrected chi connectivity index (χ4v) is 5.49. The second-order valence-electron chi connectivity index (χ2n) is 8.47. The maximum absolute atomic E-state index is 12.9. The zero-order valence-electron chi connectivity index (χ0n) is 17.1. The summed E-state index contributed by atoms with van der Waals surface area (Å²) in [6.45, 7) is 7.75. The van der Waals surface area contributed by atoms with Gasteiger partial charge in [0.15, 0.2) is 0 Å². The number of hydrogen-bond donors (Lipinski definition) is 0. The lowest BCUT2D eigenvalue weighted by atomic mass is 9.91. The zero-order chi connectivity index (χ0) is 19.8. The number of thiophene rings is 1. The average molecular weight is 412 g/mol. The molecule has 3 aliphatic rings. The van der Waals surface area contributed by atoms with E-state index in [4.69, 9.17) is 9.97 Å². The molecule has 2 fully saturated rings. The van der Waals surface area contributed by atoms with Crippen molar-refractivity contribution in [2.75, 3.05) is 44.2 Å². The van der Waals surface area contributed by atoms with Gasteiger partial charge < -0.3 is 9.80 Å². The van der Waals surface area contributed by atoms with Crippen molar-refractivity contribution in [3.05, 3.63) is 39.3 Å². The van der Waals surface area contributed by atoms with Gasteiger partial charge in [0.1, 0.15) is 0 Å². The Kier molecular flexibility index (Phi) is 5.26. The van der Waals surface area contributed by atoms with Gasteiger partial charge in [-0.25, -0.2) is 9.97 Å². The topological polar surface area (TPSA) is 52.6 Å². The molecule has 1 saturated heterocycles. The molecule has 0 aromatic carbocycles. The van der Waals surface area contributed by atoms with Crippen molar-refractivity contribution in [2.45, 2.75) is 45.1 Å². The van der Waals surface area contributed by atoms with Gasteiger partial charge in [-0.05, 0) is 48.8 Å². The molecular weight excluding hydrogens is 382 g/mol. The van der Waals surface area contributed by atoms with Crippen LogP contribution in [0.5, 0.6) is 0 Å². The number of nitrogens with zero attached hydrogens (tertiary/aromatic N) is 5. The normalized spacial score (nSPS) is 20.9. The maximum atomic E-state index is 12.9. The maximum Gasteiger partial charge on any atom is 0.264 e. The van der Waals surface area contributed by atoms with E-state index in [-0.39, 0.29) is 5.91 Å². The van der Waals surface area contributed by atoms with Crippen LogP contribution in [0.4, 0.5) is 5.95 Å². The number of carbonyl (C=O) groups is 1. The van der Waals surface area contributed by atoms with Gasteiger partial charge in [0.05, 0.1) is 10.6 Å². The van der Waals surface area contributed by atoms with Crippen LogP contribution in [-0.2, 0) is 12.8 Å². The lowest BCUT2D eigenvalue weighted by molar-refractivity contribution is 0.0767. The molecule has 29 heavy (non-hydrogen) atoms. The highest BCUT2D eigenvalue weighted by Crippen LogP contribution is 2.27. The van der Waals surface area contributed by atoms with Crippen molar-refractivity contribution in [3.8, 4) is 0 Å². The van der Waals surface area contributed by atoms with E-state index in [9.17, 15) is 4.79 Å². The summed E-state index contributed by atoms with van der Waals surface area (Å²) in [6.07, 6.45) is 7.78. The van der Waals surface area contributed by atoms with E-state index in [0.29, 0.717) is 0 Å². The quantitative estimate of drug-likeness (QED) is 0.777. The van der Waals surface area contributed by atoms with Gasteiger partial charge in [-0.15, -0.1) is 11.3 Å². The van der Waals surface area contributed by atoms with Crippen molar-refractivity contribution in [3.63, 3.8) is 0 Å². The summed E-state index contributed by atoms with van der Waals surface area (Å²) in [5.74, 6) is 1.02. The van der Waals surface area contributed by atoms with Gasteiger partial charge in [0.2, 0.25) is 5.95 Å². The molecule has 4 heterocycles. The summed E-state index contributed by atoms with van der Waals surface area (Å²) < 4.78 is 0. The molecule has 0 atom stereocenters. The molecular formula is C22H29N5OS. The molecule has 0 N–H and O–H groups in total. The van der Waals surface area contributed by atoms with Crippen LogP contribution in [0, 0.1) is 6.92 Å². The van der Waals surface area contributed by atoms with Crippen LogP contribution >= 0.6 is 11.3 Å². The molecule has 0 unspecified atom stereocenters. The number of anilines is 1. The Balaban J connectivity index is 1.24. The fraction of sp³-hybridized carbons (Fsp3) is 0.591. The Morgan fingerprint density at radius 1 is 1.10 bits per heavy atom. The van der Waals surface area contributed by atoms with E-state index in [2.05, 4.69) is 9.80 Å². The average Bonchev–Trinajstić information content (AvgIpc) is 3.01. The third-order valence-electron chi connectivity index (χ3n) is 6.74. The van der Waals surface area contributed by atoms with Gasteiger partial charge in [-0.2, -0.15) is 0 Å². The van der Waals surface area contributed by atoms with Crippen LogP contribution in [0.15, 0.2) is 17.6 Å². The Morgan fingerprint density at radius 2 is 1.90 bits per heavy atom. The van der Waals surface area contributed by atoms with E-state index in [0.717, 1.165) is 80.2 Å². The fourth-order valence-electron chi connectivity index (χ4n) is 4.59. The molecule has 0 radical (unpaired) electrons. The van der Waals surface area contributed by atoms with E-state index in [1.807, 2.05) is 29.5 Å². The predicted octanol–water partition coefficient (Wildman–Crippen LogP) is 2.76. The minimum atomic E-state index is 0.158. The predicted molar refractivity (Wildman–Crippen MR) is 116 cm³/mol. The van der Waals surface area contributed by atoms with Crippen LogP contribution < -0.4 is 4.90 Å². The van der Waals surface area contributed by atoms with Gasteiger partial charge in [-0.3, -0.25) is 9.69 Å². The number of aromatic nitrogens is 2. The first-order valence-corrected chi connectivity index (χ1v) is 11.7. The molecule has 5 rings (SSSR count). The number of aryl methyl sites for hydroxylation is 1. The van der Waals surface area contributed by atoms with E-state index in [1.54, 1.807) is 11.3 Å². The largest absolute Gasteiger partial charge is 0.338 e. The number of hydrogen-bond acceptors (Lipinski definition) is 6. The van der Waals surface area contributed by atoms with Crippen molar-refractivity contribution in [1.82, 2.24) is 19.8 Å². The monoisotopic (exact) mass is 411 g/mol. The second-order valence-corrected chi connectivity index (χ2v) is 9.39. The first kappa shape index (κ1) is 19.0. The standard InChI is InChI=1S/C22H29N5OS/c1-16-7-14-29-20(16)21(28)26-8-5-17-15-23-22(24-19(17)6-9-26)27-12-10-25(11-13-27)18-3-2-4-18/h7,14-15,18H,2-6,8-13H2,1H3. The molecule has 2 aromatic rings. The van der Waals surface area contributed by atoms with Crippen molar-refractivity contribution in [2.24, 2.45) is 0 Å². The van der Waals surface area contributed by atoms with Crippen LogP contribution in [0.3, 0.4) is 0 Å². The van der Waals surface area contributed by atoms with Crippen LogP contribution in [-0.4, -0.2) is 71.0 Å². The van der Waals surface area contributed by atoms with Gasteiger partial charge in [-0.1, -0.05) is 6.42 Å². The third kappa shape index (κ3) is 3.78. The van der Waals surface area contributed by atoms with Crippen molar-refractivity contribution < 1.29 is 4.79 Å². The Labute approximate surface area is 176 Å². The van der Waals surface area contributed by atoms with Gasteiger partial charge in [0, 0.05) is 57.9 Å². The first-order chi connectivity index (χ1) is 14.2. The summed E-state index contributed by atoms with van der Waals surface area (Å²) >= 11 is 1.54. The minimum Gasteiger partial charge on any atom is -0.338 e. The highest BCUT2D eigenvalue weighted by Gasteiger charge is 2.29. The number of rotatable bonds is 3. The number of piperazine rings is 1. The number of fused-ring (bicyclic) bond motifs is 1. The summed E-state index contributed by atoms with van der Waals surface area (Å²) in [4.78, 5) is 30.4. The lowest BCUT2D eigenvalue weighted by Crippen LogP contribution is -2.52. The zero-order valence-corrected chi connectivity index (χ0v) is 18.0. The summed E-state index contributed by atoms with van der Waals surface area (Å²) in [5, 5.41) is 2.00. The Morgan fingerprint density at radius 3 is 2.59 bits per heavy atom. The minimum absolute atomic E-state index is 0.158.